The van der Waals surface area contributed by atoms with Gasteiger partial charge >= 0.3 is 5.97 Å². The lowest BCUT2D eigenvalue weighted by molar-refractivity contribution is 0.0695. The maximum atomic E-state index is 12.8. The molecule has 2 aromatic heterocycles. The molecule has 8 nitrogen and oxygen atoms in total. The lowest BCUT2D eigenvalue weighted by atomic mass is 9.99. The SMILES string of the molecule is COc1ccc(C(=O)N2CCC(Cc3cncc(C(=O)O)c3)C2)c(OC)n1. The number of carbonyl (C=O) groups is 2. The highest BCUT2D eigenvalue weighted by Gasteiger charge is 2.29. The van der Waals surface area contributed by atoms with Crippen LogP contribution in [0.15, 0.2) is 30.6 Å². The Kier molecular flexibility index (Phi) is 5.54. The number of carboxylic acid groups (broad SMARTS) is 1. The standard InChI is InChI=1S/C19H21N3O5/c1-26-16-4-3-15(17(21-16)27-2)18(23)22-6-5-12(11-22)7-13-8-14(19(24)25)10-20-9-13/h3-4,8-10,12H,5-7,11H2,1-2H3,(H,24,25). The predicted molar refractivity (Wildman–Crippen MR) is 96.3 cm³/mol. The van der Waals surface area contributed by atoms with Crippen LogP contribution in [-0.2, 0) is 6.42 Å². The van der Waals surface area contributed by atoms with E-state index < -0.39 is 5.97 Å². The molecule has 0 bridgehead atoms. The summed E-state index contributed by atoms with van der Waals surface area (Å²) >= 11 is 0. The maximum absolute atomic E-state index is 12.8. The van der Waals surface area contributed by atoms with Crippen molar-refractivity contribution in [1.29, 1.82) is 0 Å². The van der Waals surface area contributed by atoms with Crippen LogP contribution in [0.5, 0.6) is 11.8 Å². The molecule has 142 valence electrons. The number of hydrogen-bond donors (Lipinski definition) is 1. The number of ether oxygens (including phenoxy) is 2. The van der Waals surface area contributed by atoms with Gasteiger partial charge in [-0.1, -0.05) is 0 Å². The average Bonchev–Trinajstić information content (AvgIpc) is 3.15. The molecule has 0 spiro atoms. The summed E-state index contributed by atoms with van der Waals surface area (Å²) in [5, 5.41) is 9.08. The van der Waals surface area contributed by atoms with Gasteiger partial charge in [-0.3, -0.25) is 9.78 Å². The largest absolute Gasteiger partial charge is 0.481 e. The Bertz CT molecular complexity index is 855. The van der Waals surface area contributed by atoms with Crippen molar-refractivity contribution in [3.05, 3.63) is 47.3 Å². The van der Waals surface area contributed by atoms with E-state index in [4.69, 9.17) is 14.6 Å². The molecule has 1 fully saturated rings. The second kappa shape index (κ2) is 8.03. The number of aromatic carboxylic acids is 1. The lowest BCUT2D eigenvalue weighted by Gasteiger charge is -2.18. The van der Waals surface area contributed by atoms with Crippen LogP contribution in [0.2, 0.25) is 0 Å². The van der Waals surface area contributed by atoms with Gasteiger partial charge in [0.15, 0.2) is 0 Å². The van der Waals surface area contributed by atoms with Crippen LogP contribution in [0.4, 0.5) is 0 Å². The van der Waals surface area contributed by atoms with E-state index in [9.17, 15) is 9.59 Å². The number of pyridine rings is 2. The zero-order chi connectivity index (χ0) is 19.4. The Morgan fingerprint density at radius 2 is 2.07 bits per heavy atom. The van der Waals surface area contributed by atoms with Crippen LogP contribution >= 0.6 is 0 Å². The lowest BCUT2D eigenvalue weighted by Crippen LogP contribution is -2.29. The Balaban J connectivity index is 1.68. The summed E-state index contributed by atoms with van der Waals surface area (Å²) in [5.74, 6) is -0.264. The Hall–Kier alpha value is -3.16. The van der Waals surface area contributed by atoms with Crippen molar-refractivity contribution in [2.45, 2.75) is 12.8 Å². The van der Waals surface area contributed by atoms with Crippen LogP contribution in [0.3, 0.4) is 0 Å². The first-order valence-electron chi connectivity index (χ1n) is 8.57. The van der Waals surface area contributed by atoms with E-state index in [1.807, 2.05) is 0 Å². The minimum atomic E-state index is -0.994. The zero-order valence-electron chi connectivity index (χ0n) is 15.2. The summed E-state index contributed by atoms with van der Waals surface area (Å²) in [6.07, 6.45) is 4.53. The second-order valence-electron chi connectivity index (χ2n) is 6.41. The van der Waals surface area contributed by atoms with E-state index in [0.29, 0.717) is 31.0 Å². The molecule has 0 aliphatic carbocycles. The molecular weight excluding hydrogens is 350 g/mol. The topological polar surface area (TPSA) is 102 Å². The molecule has 8 heteroatoms. The fourth-order valence-electron chi connectivity index (χ4n) is 3.26. The molecule has 0 radical (unpaired) electrons. The third-order valence-corrected chi connectivity index (χ3v) is 4.61. The third-order valence-electron chi connectivity index (χ3n) is 4.61. The maximum Gasteiger partial charge on any atom is 0.337 e. The minimum absolute atomic E-state index is 0.137. The summed E-state index contributed by atoms with van der Waals surface area (Å²) in [5.41, 5.74) is 1.43. The number of carbonyl (C=O) groups excluding carboxylic acids is 1. The summed E-state index contributed by atoms with van der Waals surface area (Å²) in [6, 6.07) is 4.92. The summed E-state index contributed by atoms with van der Waals surface area (Å²) < 4.78 is 10.3. The first-order chi connectivity index (χ1) is 13.0. The molecule has 1 aliphatic rings. The molecular formula is C19H21N3O5. The van der Waals surface area contributed by atoms with Gasteiger partial charge in [-0.15, -0.1) is 0 Å². The summed E-state index contributed by atoms with van der Waals surface area (Å²) in [6.45, 7) is 1.22. The highest BCUT2D eigenvalue weighted by Crippen LogP contribution is 2.26. The van der Waals surface area contributed by atoms with E-state index in [1.165, 1.54) is 20.4 Å². The van der Waals surface area contributed by atoms with E-state index >= 15 is 0 Å². The quantitative estimate of drug-likeness (QED) is 0.827. The van der Waals surface area contributed by atoms with Crippen molar-refractivity contribution in [1.82, 2.24) is 14.9 Å². The molecule has 0 aromatic carbocycles. The van der Waals surface area contributed by atoms with Gasteiger partial charge in [0, 0.05) is 31.5 Å². The van der Waals surface area contributed by atoms with Gasteiger partial charge in [0.1, 0.15) is 5.56 Å². The smallest absolute Gasteiger partial charge is 0.337 e. The molecule has 1 N–H and O–H groups in total. The van der Waals surface area contributed by atoms with Gasteiger partial charge in [0.05, 0.1) is 19.8 Å². The summed E-state index contributed by atoms with van der Waals surface area (Å²) in [4.78, 5) is 33.8. The monoisotopic (exact) mass is 371 g/mol. The van der Waals surface area contributed by atoms with Gasteiger partial charge in [0.2, 0.25) is 11.8 Å². The number of aromatic nitrogens is 2. The van der Waals surface area contributed by atoms with Crippen LogP contribution in [0, 0.1) is 5.92 Å². The highest BCUT2D eigenvalue weighted by atomic mass is 16.5. The number of hydrogen-bond acceptors (Lipinski definition) is 6. The van der Waals surface area contributed by atoms with Crippen molar-refractivity contribution < 1.29 is 24.2 Å². The molecule has 1 aliphatic heterocycles. The highest BCUT2D eigenvalue weighted by molar-refractivity contribution is 5.96. The van der Waals surface area contributed by atoms with E-state index in [0.717, 1.165) is 12.0 Å². The molecule has 27 heavy (non-hydrogen) atoms. The Labute approximate surface area is 156 Å². The number of carboxylic acids is 1. The first-order valence-corrected chi connectivity index (χ1v) is 8.57. The van der Waals surface area contributed by atoms with Crippen LogP contribution in [0.1, 0.15) is 32.7 Å². The van der Waals surface area contributed by atoms with Crippen LogP contribution in [-0.4, -0.2) is 59.2 Å². The third kappa shape index (κ3) is 4.16. The fraction of sp³-hybridized carbons (Fsp3) is 0.368. The number of likely N-dealkylation sites (tertiary alicyclic amines) is 1. The second-order valence-corrected chi connectivity index (χ2v) is 6.41. The molecule has 1 amide bonds. The van der Waals surface area contributed by atoms with Crippen molar-refractivity contribution in [2.24, 2.45) is 5.92 Å². The van der Waals surface area contributed by atoms with Crippen LogP contribution < -0.4 is 9.47 Å². The molecule has 3 heterocycles. The molecule has 3 rings (SSSR count). The van der Waals surface area contributed by atoms with E-state index in [1.54, 1.807) is 29.3 Å². The molecule has 2 aromatic rings. The molecule has 1 unspecified atom stereocenters. The normalized spacial score (nSPS) is 16.2. The number of nitrogens with zero attached hydrogens (tertiary/aromatic N) is 3. The van der Waals surface area contributed by atoms with Crippen molar-refractivity contribution in [3.63, 3.8) is 0 Å². The first kappa shape index (κ1) is 18.6. The van der Waals surface area contributed by atoms with Crippen molar-refractivity contribution in [2.75, 3.05) is 27.3 Å². The van der Waals surface area contributed by atoms with Gasteiger partial charge in [-0.05, 0) is 36.5 Å². The van der Waals surface area contributed by atoms with Gasteiger partial charge < -0.3 is 19.5 Å². The summed E-state index contributed by atoms with van der Waals surface area (Å²) in [7, 11) is 2.97. The Morgan fingerprint density at radius 3 is 2.78 bits per heavy atom. The number of amides is 1. The number of methoxy groups -OCH3 is 2. The van der Waals surface area contributed by atoms with Gasteiger partial charge in [-0.2, -0.15) is 4.98 Å². The minimum Gasteiger partial charge on any atom is -0.481 e. The molecule has 1 saturated heterocycles. The Morgan fingerprint density at radius 1 is 1.26 bits per heavy atom. The van der Waals surface area contributed by atoms with E-state index in [-0.39, 0.29) is 23.3 Å². The fourth-order valence-corrected chi connectivity index (χ4v) is 3.26. The van der Waals surface area contributed by atoms with Crippen LogP contribution in [0.25, 0.3) is 0 Å². The van der Waals surface area contributed by atoms with Gasteiger partial charge in [0.25, 0.3) is 5.91 Å². The predicted octanol–water partition coefficient (Wildman–Crippen LogP) is 1.90. The zero-order valence-corrected chi connectivity index (χ0v) is 15.2. The average molecular weight is 371 g/mol. The van der Waals surface area contributed by atoms with Crippen molar-refractivity contribution in [3.8, 4) is 11.8 Å². The molecule has 1 atom stereocenters. The molecule has 0 saturated carbocycles. The van der Waals surface area contributed by atoms with E-state index in [2.05, 4.69) is 9.97 Å². The van der Waals surface area contributed by atoms with Crippen molar-refractivity contribution >= 4 is 11.9 Å². The van der Waals surface area contributed by atoms with Gasteiger partial charge in [-0.25, -0.2) is 4.79 Å². The number of rotatable bonds is 6.